The van der Waals surface area contributed by atoms with Crippen molar-refractivity contribution < 1.29 is 8.42 Å². The zero-order valence-corrected chi connectivity index (χ0v) is 14.5. The van der Waals surface area contributed by atoms with Crippen molar-refractivity contribution in [1.29, 1.82) is 0 Å². The van der Waals surface area contributed by atoms with Crippen molar-refractivity contribution in [1.82, 2.24) is 10.0 Å². The molecule has 1 saturated heterocycles. The molecule has 1 aromatic rings. The molecule has 4 nitrogen and oxygen atoms in total. The Hall–Kier alpha value is -0.620. The maximum absolute atomic E-state index is 12.4. The number of hydrogen-bond donors (Lipinski definition) is 2. The minimum absolute atomic E-state index is 0. The lowest BCUT2D eigenvalue weighted by molar-refractivity contribution is 0.232. The van der Waals surface area contributed by atoms with Crippen molar-refractivity contribution in [2.75, 3.05) is 19.6 Å². The smallest absolute Gasteiger partial charge is 0.240 e. The summed E-state index contributed by atoms with van der Waals surface area (Å²) in [4.78, 5) is 0.359. The molecule has 0 atom stereocenters. The first-order valence-electron chi connectivity index (χ1n) is 7.10. The van der Waals surface area contributed by atoms with E-state index in [-0.39, 0.29) is 17.8 Å². The van der Waals surface area contributed by atoms with Crippen LogP contribution in [0.25, 0.3) is 0 Å². The van der Waals surface area contributed by atoms with Crippen molar-refractivity contribution in [3.8, 4) is 0 Å². The van der Waals surface area contributed by atoms with Gasteiger partial charge in [-0.25, -0.2) is 13.1 Å². The standard InChI is InChI=1S/C15H24N2O2S.ClH/c1-12-4-5-14(10-13(12)2)20(18,19)17-11-15(3)6-8-16-9-7-15;/h4-5,10,16-17H,6-9,11H2,1-3H3;1H. The van der Waals surface area contributed by atoms with Gasteiger partial charge in [0, 0.05) is 6.54 Å². The fraction of sp³-hybridized carbons (Fsp3) is 0.600. The van der Waals surface area contributed by atoms with Gasteiger partial charge in [0.25, 0.3) is 0 Å². The van der Waals surface area contributed by atoms with Crippen LogP contribution in [-0.2, 0) is 10.0 Å². The molecule has 0 spiro atoms. The molecule has 0 saturated carbocycles. The molecular formula is C15H25ClN2O2S. The van der Waals surface area contributed by atoms with Crippen molar-refractivity contribution in [2.24, 2.45) is 5.41 Å². The van der Waals surface area contributed by atoms with Crippen molar-refractivity contribution in [3.05, 3.63) is 29.3 Å². The summed E-state index contributed by atoms with van der Waals surface area (Å²) in [6.45, 7) is 8.49. The molecule has 120 valence electrons. The molecule has 2 N–H and O–H groups in total. The molecule has 0 aromatic heterocycles. The summed E-state index contributed by atoms with van der Waals surface area (Å²) in [6.07, 6.45) is 2.00. The van der Waals surface area contributed by atoms with Crippen LogP contribution in [0.1, 0.15) is 30.9 Å². The van der Waals surface area contributed by atoms with E-state index in [0.29, 0.717) is 11.4 Å². The second kappa shape index (κ2) is 7.09. The van der Waals surface area contributed by atoms with E-state index in [0.717, 1.165) is 37.1 Å². The number of rotatable bonds is 4. The van der Waals surface area contributed by atoms with E-state index >= 15 is 0 Å². The molecule has 0 radical (unpaired) electrons. The summed E-state index contributed by atoms with van der Waals surface area (Å²) in [5, 5.41) is 3.31. The van der Waals surface area contributed by atoms with Crippen LogP contribution in [0.5, 0.6) is 0 Å². The molecule has 0 amide bonds. The first-order chi connectivity index (χ1) is 9.32. The Morgan fingerprint density at radius 2 is 1.81 bits per heavy atom. The molecule has 21 heavy (non-hydrogen) atoms. The highest BCUT2D eigenvalue weighted by Crippen LogP contribution is 2.27. The summed E-state index contributed by atoms with van der Waals surface area (Å²) < 4.78 is 27.5. The van der Waals surface area contributed by atoms with E-state index in [2.05, 4.69) is 17.0 Å². The number of aryl methyl sites for hydroxylation is 2. The Labute approximate surface area is 134 Å². The van der Waals surface area contributed by atoms with E-state index in [1.807, 2.05) is 19.9 Å². The quantitative estimate of drug-likeness (QED) is 0.890. The van der Waals surface area contributed by atoms with Crippen LogP contribution in [0.2, 0.25) is 0 Å². The normalized spacial score (nSPS) is 18.0. The molecular weight excluding hydrogens is 308 g/mol. The minimum atomic E-state index is -3.41. The third-order valence-corrected chi connectivity index (χ3v) is 5.69. The van der Waals surface area contributed by atoms with Gasteiger partial charge in [-0.05, 0) is 68.5 Å². The largest absolute Gasteiger partial charge is 0.317 e. The summed E-state index contributed by atoms with van der Waals surface area (Å²) >= 11 is 0. The molecule has 2 rings (SSSR count). The molecule has 1 fully saturated rings. The van der Waals surface area contributed by atoms with Crippen LogP contribution < -0.4 is 10.0 Å². The van der Waals surface area contributed by atoms with Crippen molar-refractivity contribution in [2.45, 2.75) is 38.5 Å². The van der Waals surface area contributed by atoms with Gasteiger partial charge in [-0.15, -0.1) is 12.4 Å². The lowest BCUT2D eigenvalue weighted by Crippen LogP contribution is -2.42. The van der Waals surface area contributed by atoms with Gasteiger partial charge in [0.1, 0.15) is 0 Å². The number of sulfonamides is 1. The molecule has 0 unspecified atom stereocenters. The highest BCUT2D eigenvalue weighted by atomic mass is 35.5. The van der Waals surface area contributed by atoms with Gasteiger partial charge in [-0.3, -0.25) is 0 Å². The van der Waals surface area contributed by atoms with Gasteiger partial charge >= 0.3 is 0 Å². The Kier molecular flexibility index (Phi) is 6.23. The van der Waals surface area contributed by atoms with Gasteiger partial charge in [0.15, 0.2) is 0 Å². The van der Waals surface area contributed by atoms with E-state index in [4.69, 9.17) is 0 Å². The van der Waals surface area contributed by atoms with Crippen molar-refractivity contribution in [3.63, 3.8) is 0 Å². The van der Waals surface area contributed by atoms with Gasteiger partial charge in [0.05, 0.1) is 4.90 Å². The van der Waals surface area contributed by atoms with Crippen LogP contribution in [0.15, 0.2) is 23.1 Å². The van der Waals surface area contributed by atoms with Crippen LogP contribution in [0, 0.1) is 19.3 Å². The highest BCUT2D eigenvalue weighted by Gasteiger charge is 2.28. The number of halogens is 1. The summed E-state index contributed by atoms with van der Waals surface area (Å²) in [7, 11) is -3.41. The zero-order valence-electron chi connectivity index (χ0n) is 12.9. The summed E-state index contributed by atoms with van der Waals surface area (Å²) in [5.74, 6) is 0. The Bertz CT molecular complexity index is 581. The van der Waals surface area contributed by atoms with Gasteiger partial charge in [0.2, 0.25) is 10.0 Å². The maximum Gasteiger partial charge on any atom is 0.240 e. The SMILES string of the molecule is Cc1ccc(S(=O)(=O)NCC2(C)CCNCC2)cc1C.Cl. The average molecular weight is 333 g/mol. The van der Waals surface area contributed by atoms with E-state index < -0.39 is 10.0 Å². The Morgan fingerprint density at radius 3 is 2.38 bits per heavy atom. The maximum atomic E-state index is 12.4. The number of hydrogen-bond acceptors (Lipinski definition) is 3. The van der Waals surface area contributed by atoms with Gasteiger partial charge in [-0.1, -0.05) is 13.0 Å². The third kappa shape index (κ3) is 4.68. The van der Waals surface area contributed by atoms with E-state index in [1.165, 1.54) is 0 Å². The minimum Gasteiger partial charge on any atom is -0.317 e. The third-order valence-electron chi connectivity index (χ3n) is 4.29. The number of piperidine rings is 1. The summed E-state index contributed by atoms with van der Waals surface area (Å²) in [5.41, 5.74) is 2.16. The van der Waals surface area contributed by atoms with Crippen LogP contribution >= 0.6 is 12.4 Å². The molecule has 1 aliphatic rings. The first-order valence-corrected chi connectivity index (χ1v) is 8.58. The van der Waals surface area contributed by atoms with E-state index in [9.17, 15) is 8.42 Å². The van der Waals surface area contributed by atoms with Crippen molar-refractivity contribution >= 4 is 22.4 Å². The summed E-state index contributed by atoms with van der Waals surface area (Å²) in [6, 6.07) is 5.27. The Balaban J connectivity index is 0.00000220. The number of nitrogens with one attached hydrogen (secondary N) is 2. The average Bonchev–Trinajstić information content (AvgIpc) is 2.41. The molecule has 0 bridgehead atoms. The second-order valence-corrected chi connectivity index (χ2v) is 7.90. The lowest BCUT2D eigenvalue weighted by Gasteiger charge is -2.34. The monoisotopic (exact) mass is 332 g/mol. The Morgan fingerprint density at radius 1 is 1.19 bits per heavy atom. The number of benzene rings is 1. The van der Waals surface area contributed by atoms with Crippen LogP contribution in [0.3, 0.4) is 0 Å². The first kappa shape index (κ1) is 18.4. The van der Waals surface area contributed by atoms with Crippen LogP contribution in [-0.4, -0.2) is 28.1 Å². The second-order valence-electron chi connectivity index (χ2n) is 6.13. The van der Waals surface area contributed by atoms with Crippen LogP contribution in [0.4, 0.5) is 0 Å². The molecule has 1 heterocycles. The predicted molar refractivity (Wildman–Crippen MR) is 88.6 cm³/mol. The molecule has 1 aliphatic heterocycles. The highest BCUT2D eigenvalue weighted by molar-refractivity contribution is 7.89. The zero-order chi connectivity index (χ0) is 14.8. The van der Waals surface area contributed by atoms with E-state index in [1.54, 1.807) is 12.1 Å². The predicted octanol–water partition coefficient (Wildman–Crippen LogP) is 2.39. The lowest BCUT2D eigenvalue weighted by atomic mass is 9.81. The fourth-order valence-corrected chi connectivity index (χ4v) is 3.73. The molecule has 1 aromatic carbocycles. The topological polar surface area (TPSA) is 58.2 Å². The van der Waals surface area contributed by atoms with Gasteiger partial charge < -0.3 is 5.32 Å². The molecule has 6 heteroatoms. The van der Waals surface area contributed by atoms with Gasteiger partial charge in [-0.2, -0.15) is 0 Å². The molecule has 0 aliphatic carbocycles. The fourth-order valence-electron chi connectivity index (χ4n) is 2.44.